The summed E-state index contributed by atoms with van der Waals surface area (Å²) >= 11 is 0. The molecule has 1 aliphatic rings. The van der Waals surface area contributed by atoms with Crippen LogP contribution in [0.4, 0.5) is 5.82 Å². The molecule has 2 aromatic rings. The fourth-order valence-electron chi connectivity index (χ4n) is 3.28. The average molecular weight is 342 g/mol. The zero-order chi connectivity index (χ0) is 17.8. The normalized spacial score (nSPS) is 17.8. The minimum Gasteiger partial charge on any atom is -0.369 e. The molecule has 0 spiro atoms. The molecule has 0 saturated heterocycles. The Hall–Kier alpha value is -2.38. The third-order valence-electron chi connectivity index (χ3n) is 4.67. The molecule has 4 N–H and O–H groups in total. The van der Waals surface area contributed by atoms with E-state index in [4.69, 9.17) is 5.73 Å². The van der Waals surface area contributed by atoms with Crippen molar-refractivity contribution in [1.82, 2.24) is 20.0 Å². The number of aromatic nitrogens is 2. The molecule has 1 amide bonds. The number of amides is 1. The summed E-state index contributed by atoms with van der Waals surface area (Å²) in [5, 5.41) is 11.1. The van der Waals surface area contributed by atoms with Gasteiger partial charge in [0.05, 0.1) is 6.20 Å². The maximum atomic E-state index is 11.4. The monoisotopic (exact) mass is 342 g/mol. The van der Waals surface area contributed by atoms with Crippen molar-refractivity contribution in [2.24, 2.45) is 11.7 Å². The molecule has 134 valence electrons. The lowest BCUT2D eigenvalue weighted by Gasteiger charge is -2.28. The van der Waals surface area contributed by atoms with E-state index < -0.39 is 5.91 Å². The van der Waals surface area contributed by atoms with Crippen molar-refractivity contribution in [2.75, 3.05) is 39.0 Å². The first-order valence-electron chi connectivity index (χ1n) is 8.58. The van der Waals surface area contributed by atoms with Crippen LogP contribution in [0.25, 0.3) is 0 Å². The van der Waals surface area contributed by atoms with E-state index in [0.29, 0.717) is 17.5 Å². The van der Waals surface area contributed by atoms with Gasteiger partial charge in [-0.3, -0.25) is 4.79 Å². The third-order valence-corrected chi connectivity index (χ3v) is 4.67. The quantitative estimate of drug-likeness (QED) is 0.696. The Bertz CT molecular complexity index is 712. The summed E-state index contributed by atoms with van der Waals surface area (Å²) in [5.41, 5.74) is 7.13. The van der Waals surface area contributed by atoms with Crippen molar-refractivity contribution in [1.29, 1.82) is 0 Å². The Morgan fingerprint density at radius 3 is 2.88 bits per heavy atom. The number of nitrogens with one attached hydrogen (secondary N) is 2. The molecule has 0 saturated carbocycles. The molecule has 2 atom stereocenters. The van der Waals surface area contributed by atoms with E-state index in [1.54, 1.807) is 0 Å². The molecule has 0 radical (unpaired) electrons. The highest BCUT2D eigenvalue weighted by atomic mass is 16.1. The second kappa shape index (κ2) is 7.67. The number of nitrogens with zero attached hydrogens (tertiary/aromatic N) is 3. The Labute approximate surface area is 148 Å². The first kappa shape index (κ1) is 17.4. The molecule has 1 aliphatic heterocycles. The van der Waals surface area contributed by atoms with Crippen LogP contribution in [0.2, 0.25) is 0 Å². The number of anilines is 1. The molecule has 7 nitrogen and oxygen atoms in total. The Kier molecular flexibility index (Phi) is 5.35. The Balaban J connectivity index is 1.54. The van der Waals surface area contributed by atoms with E-state index >= 15 is 0 Å². The lowest BCUT2D eigenvalue weighted by Crippen LogP contribution is -2.39. The molecule has 0 aliphatic carbocycles. The van der Waals surface area contributed by atoms with Crippen LogP contribution in [0.3, 0.4) is 0 Å². The zero-order valence-corrected chi connectivity index (χ0v) is 14.8. The fourth-order valence-corrected chi connectivity index (χ4v) is 3.28. The van der Waals surface area contributed by atoms with Crippen LogP contribution in [-0.2, 0) is 6.54 Å². The van der Waals surface area contributed by atoms with Crippen molar-refractivity contribution in [3.8, 4) is 0 Å². The van der Waals surface area contributed by atoms with E-state index in [0.717, 1.165) is 32.0 Å². The van der Waals surface area contributed by atoms with Gasteiger partial charge in [-0.05, 0) is 19.7 Å². The number of hydrogen-bond acceptors (Lipinski definition) is 5. The van der Waals surface area contributed by atoms with Gasteiger partial charge in [0.25, 0.3) is 5.91 Å². The van der Waals surface area contributed by atoms with Gasteiger partial charge in [0.2, 0.25) is 0 Å². The summed E-state index contributed by atoms with van der Waals surface area (Å²) in [5.74, 6) is 0.702. The summed E-state index contributed by atoms with van der Waals surface area (Å²) in [6.07, 6.45) is 1.54. The molecule has 25 heavy (non-hydrogen) atoms. The average Bonchev–Trinajstić information content (AvgIpc) is 3.02. The molecule has 2 unspecified atom stereocenters. The van der Waals surface area contributed by atoms with Gasteiger partial charge >= 0.3 is 0 Å². The second-order valence-electron chi connectivity index (χ2n) is 6.75. The Morgan fingerprint density at radius 1 is 1.44 bits per heavy atom. The van der Waals surface area contributed by atoms with Crippen molar-refractivity contribution >= 4 is 11.7 Å². The number of likely N-dealkylation sites (N-methyl/N-ethyl adjacent to an activating group) is 1. The molecule has 7 heteroatoms. The SMILES string of the molecule is CN(C)C(CNCC1CNc2c(C(N)=O)cnn2C1)c1ccccc1. The molecular weight excluding hydrogens is 316 g/mol. The van der Waals surface area contributed by atoms with Crippen LogP contribution in [0.1, 0.15) is 22.0 Å². The first-order valence-corrected chi connectivity index (χ1v) is 8.58. The maximum absolute atomic E-state index is 11.4. The van der Waals surface area contributed by atoms with Crippen LogP contribution in [0.5, 0.6) is 0 Å². The van der Waals surface area contributed by atoms with E-state index in [-0.39, 0.29) is 0 Å². The summed E-state index contributed by atoms with van der Waals surface area (Å²) in [4.78, 5) is 13.6. The summed E-state index contributed by atoms with van der Waals surface area (Å²) in [6.45, 7) is 3.35. The summed E-state index contributed by atoms with van der Waals surface area (Å²) in [6, 6.07) is 10.9. The highest BCUT2D eigenvalue weighted by Gasteiger charge is 2.23. The smallest absolute Gasteiger partial charge is 0.254 e. The van der Waals surface area contributed by atoms with E-state index in [9.17, 15) is 4.79 Å². The van der Waals surface area contributed by atoms with Crippen LogP contribution in [-0.4, -0.2) is 54.3 Å². The summed E-state index contributed by atoms with van der Waals surface area (Å²) in [7, 11) is 4.20. The predicted octanol–water partition coefficient (Wildman–Crippen LogP) is 0.916. The van der Waals surface area contributed by atoms with Crippen molar-refractivity contribution < 1.29 is 4.79 Å². The van der Waals surface area contributed by atoms with Crippen molar-refractivity contribution in [3.05, 3.63) is 47.7 Å². The van der Waals surface area contributed by atoms with Gasteiger partial charge in [-0.25, -0.2) is 4.68 Å². The number of hydrogen-bond donors (Lipinski definition) is 3. The van der Waals surface area contributed by atoms with Crippen LogP contribution >= 0.6 is 0 Å². The number of primary amides is 1. The number of carbonyl (C=O) groups excluding carboxylic acids is 1. The lowest BCUT2D eigenvalue weighted by atomic mass is 10.0. The standard InChI is InChI=1S/C18H26N6O/c1-23(2)16(14-6-4-3-5-7-14)11-20-8-13-9-21-18-15(17(19)25)10-22-24(18)12-13/h3-7,10,13,16,20-21H,8-9,11-12H2,1-2H3,(H2,19,25). The van der Waals surface area contributed by atoms with Gasteiger partial charge in [-0.15, -0.1) is 0 Å². The van der Waals surface area contributed by atoms with Gasteiger partial charge in [0.15, 0.2) is 0 Å². The van der Waals surface area contributed by atoms with Crippen molar-refractivity contribution in [3.63, 3.8) is 0 Å². The van der Waals surface area contributed by atoms with Gasteiger partial charge in [0, 0.05) is 38.1 Å². The highest BCUT2D eigenvalue weighted by Crippen LogP contribution is 2.21. The van der Waals surface area contributed by atoms with Crippen LogP contribution < -0.4 is 16.4 Å². The number of nitrogens with two attached hydrogens (primary N) is 1. The van der Waals surface area contributed by atoms with Gasteiger partial charge < -0.3 is 21.3 Å². The third kappa shape index (κ3) is 4.00. The van der Waals surface area contributed by atoms with Gasteiger partial charge in [0.1, 0.15) is 11.4 Å². The molecular formula is C18H26N6O. The lowest BCUT2D eigenvalue weighted by molar-refractivity contribution is 0.100. The minimum atomic E-state index is -0.443. The number of rotatable bonds is 7. The van der Waals surface area contributed by atoms with E-state index in [1.807, 2.05) is 10.7 Å². The zero-order valence-electron chi connectivity index (χ0n) is 14.8. The van der Waals surface area contributed by atoms with Gasteiger partial charge in [-0.1, -0.05) is 30.3 Å². The fraction of sp³-hybridized carbons (Fsp3) is 0.444. The second-order valence-corrected chi connectivity index (χ2v) is 6.75. The van der Waals surface area contributed by atoms with Crippen LogP contribution in [0.15, 0.2) is 36.5 Å². The minimum absolute atomic E-state index is 0.333. The van der Waals surface area contributed by atoms with Gasteiger partial charge in [-0.2, -0.15) is 5.10 Å². The van der Waals surface area contributed by atoms with E-state index in [2.05, 4.69) is 59.0 Å². The molecule has 2 heterocycles. The molecule has 0 fully saturated rings. The van der Waals surface area contributed by atoms with Crippen molar-refractivity contribution in [2.45, 2.75) is 12.6 Å². The number of carbonyl (C=O) groups is 1. The molecule has 1 aromatic carbocycles. The largest absolute Gasteiger partial charge is 0.369 e. The predicted molar refractivity (Wildman–Crippen MR) is 98.5 cm³/mol. The number of benzene rings is 1. The molecule has 1 aromatic heterocycles. The van der Waals surface area contributed by atoms with E-state index in [1.165, 1.54) is 11.8 Å². The molecule has 3 rings (SSSR count). The topological polar surface area (TPSA) is 88.2 Å². The maximum Gasteiger partial charge on any atom is 0.254 e. The summed E-state index contributed by atoms with van der Waals surface area (Å²) < 4.78 is 1.83. The number of fused-ring (bicyclic) bond motifs is 1. The first-order chi connectivity index (χ1) is 12.1. The Morgan fingerprint density at radius 2 is 2.20 bits per heavy atom. The molecule has 0 bridgehead atoms. The highest BCUT2D eigenvalue weighted by molar-refractivity contribution is 5.97. The van der Waals surface area contributed by atoms with Crippen LogP contribution in [0, 0.1) is 5.92 Å².